The first-order valence-corrected chi connectivity index (χ1v) is 12.2. The van der Waals surface area contributed by atoms with Crippen molar-refractivity contribution in [2.24, 2.45) is 0 Å². The average molecular weight is 495 g/mol. The number of rotatable bonds is 16. The molecule has 0 aliphatic rings. The van der Waals surface area contributed by atoms with Crippen LogP contribution in [0.4, 0.5) is 17.6 Å². The van der Waals surface area contributed by atoms with Crippen LogP contribution in [0.2, 0.25) is 0 Å². The Kier molecular flexibility index (Phi) is 11.8. The van der Waals surface area contributed by atoms with Gasteiger partial charge in [0.15, 0.2) is 0 Å². The largest absolute Gasteiger partial charge is 0.463 e. The van der Waals surface area contributed by atoms with Crippen LogP contribution in [-0.4, -0.2) is 12.6 Å². The number of alkyl halides is 2. The molecule has 2 rings (SSSR count). The highest BCUT2D eigenvalue weighted by molar-refractivity contribution is 5.81. The minimum absolute atomic E-state index is 0.176. The van der Waals surface area contributed by atoms with E-state index in [0.29, 0.717) is 18.6 Å². The van der Waals surface area contributed by atoms with Crippen molar-refractivity contribution in [2.75, 3.05) is 6.61 Å². The maximum atomic E-state index is 14.6. The molecule has 0 aliphatic carbocycles. The summed E-state index contributed by atoms with van der Waals surface area (Å²) in [6, 6.07) is 7.99. The van der Waals surface area contributed by atoms with Gasteiger partial charge in [-0.2, -0.15) is 8.78 Å². The zero-order chi connectivity index (χ0) is 25.7. The van der Waals surface area contributed by atoms with Crippen LogP contribution >= 0.6 is 0 Å². The molecule has 0 saturated carbocycles. The summed E-state index contributed by atoms with van der Waals surface area (Å²) >= 11 is 0. The summed E-state index contributed by atoms with van der Waals surface area (Å²) in [5.41, 5.74) is -0.0843. The summed E-state index contributed by atoms with van der Waals surface area (Å²) in [6.45, 7) is 5.74. The molecule has 0 bridgehead atoms. The SMILES string of the molecule is C=CC(=O)OCCCCCCc1ccc(OC(F)(F)c2c(F)cc(CCCCCC)cc2F)cc1. The molecule has 0 fully saturated rings. The summed E-state index contributed by atoms with van der Waals surface area (Å²) in [5.74, 6) is -3.23. The summed E-state index contributed by atoms with van der Waals surface area (Å²) < 4.78 is 67.7. The van der Waals surface area contributed by atoms with Gasteiger partial charge >= 0.3 is 12.1 Å². The first-order chi connectivity index (χ1) is 16.8. The molecule has 3 nitrogen and oxygen atoms in total. The number of hydrogen-bond acceptors (Lipinski definition) is 3. The fraction of sp³-hybridized carbons (Fsp3) is 0.464. The van der Waals surface area contributed by atoms with Crippen LogP contribution in [0.1, 0.15) is 75.0 Å². The Hall–Kier alpha value is -2.83. The summed E-state index contributed by atoms with van der Waals surface area (Å²) in [5, 5.41) is 0. The van der Waals surface area contributed by atoms with Crippen LogP contribution in [0.3, 0.4) is 0 Å². The monoisotopic (exact) mass is 494 g/mol. The van der Waals surface area contributed by atoms with E-state index in [-0.39, 0.29) is 5.75 Å². The Morgan fingerprint density at radius 2 is 1.46 bits per heavy atom. The molecular weight excluding hydrogens is 460 g/mol. The Morgan fingerprint density at radius 1 is 0.886 bits per heavy atom. The molecule has 192 valence electrons. The molecule has 0 atom stereocenters. The smallest absolute Gasteiger partial charge is 0.432 e. The molecule has 2 aromatic carbocycles. The quantitative estimate of drug-likeness (QED) is 0.102. The molecular formula is C28H34F4O3. The molecule has 0 spiro atoms. The first-order valence-electron chi connectivity index (χ1n) is 12.2. The molecule has 0 saturated heterocycles. The van der Waals surface area contributed by atoms with Crippen molar-refractivity contribution < 1.29 is 31.8 Å². The van der Waals surface area contributed by atoms with E-state index in [4.69, 9.17) is 9.47 Å². The van der Waals surface area contributed by atoms with Gasteiger partial charge < -0.3 is 9.47 Å². The van der Waals surface area contributed by atoms with Gasteiger partial charge in [-0.3, -0.25) is 0 Å². The van der Waals surface area contributed by atoms with Crippen molar-refractivity contribution in [1.29, 1.82) is 0 Å². The molecule has 0 aliphatic heterocycles. The highest BCUT2D eigenvalue weighted by atomic mass is 19.3. The topological polar surface area (TPSA) is 35.5 Å². The van der Waals surface area contributed by atoms with Gasteiger partial charge in [0.2, 0.25) is 0 Å². The van der Waals surface area contributed by atoms with Crippen LogP contribution in [0.5, 0.6) is 5.75 Å². The average Bonchev–Trinajstić information content (AvgIpc) is 2.81. The van der Waals surface area contributed by atoms with E-state index < -0.39 is 29.3 Å². The lowest BCUT2D eigenvalue weighted by atomic mass is 10.0. The molecule has 35 heavy (non-hydrogen) atoms. The van der Waals surface area contributed by atoms with Gasteiger partial charge in [-0.25, -0.2) is 13.6 Å². The van der Waals surface area contributed by atoms with Gasteiger partial charge in [0.1, 0.15) is 22.9 Å². The number of unbranched alkanes of at least 4 members (excludes halogenated alkanes) is 6. The highest BCUT2D eigenvalue weighted by Crippen LogP contribution is 2.35. The minimum atomic E-state index is -4.15. The van der Waals surface area contributed by atoms with Crippen molar-refractivity contribution in [3.8, 4) is 5.75 Å². The fourth-order valence-corrected chi connectivity index (χ4v) is 3.74. The first kappa shape index (κ1) is 28.4. The Balaban J connectivity index is 1.86. The number of esters is 1. The maximum Gasteiger partial charge on any atom is 0.432 e. The van der Waals surface area contributed by atoms with Crippen LogP contribution in [0, 0.1) is 11.6 Å². The third-order valence-electron chi connectivity index (χ3n) is 5.65. The van der Waals surface area contributed by atoms with Crippen molar-refractivity contribution in [1.82, 2.24) is 0 Å². The van der Waals surface area contributed by atoms with Crippen molar-refractivity contribution in [2.45, 2.75) is 77.2 Å². The lowest BCUT2D eigenvalue weighted by Crippen LogP contribution is -2.25. The predicted octanol–water partition coefficient (Wildman–Crippen LogP) is 8.05. The Labute approximate surface area is 205 Å². The lowest BCUT2D eigenvalue weighted by molar-refractivity contribution is -0.189. The number of carbonyl (C=O) groups excluding carboxylic acids is 1. The second kappa shape index (κ2) is 14.5. The summed E-state index contributed by atoms with van der Waals surface area (Å²) in [7, 11) is 0. The van der Waals surface area contributed by atoms with Gasteiger partial charge in [0.25, 0.3) is 0 Å². The van der Waals surface area contributed by atoms with Gasteiger partial charge in [0.05, 0.1) is 6.61 Å². The Morgan fingerprint density at radius 3 is 2.06 bits per heavy atom. The zero-order valence-corrected chi connectivity index (χ0v) is 20.3. The number of hydrogen-bond donors (Lipinski definition) is 0. The molecule has 0 heterocycles. The van der Waals surface area contributed by atoms with Gasteiger partial charge in [0, 0.05) is 6.08 Å². The van der Waals surface area contributed by atoms with E-state index in [2.05, 4.69) is 13.5 Å². The van der Waals surface area contributed by atoms with E-state index >= 15 is 0 Å². The highest BCUT2D eigenvalue weighted by Gasteiger charge is 2.41. The van der Waals surface area contributed by atoms with E-state index in [1.54, 1.807) is 12.1 Å². The lowest BCUT2D eigenvalue weighted by Gasteiger charge is -2.20. The summed E-state index contributed by atoms with van der Waals surface area (Å²) in [6.07, 6.45) is 5.33. The van der Waals surface area contributed by atoms with Crippen molar-refractivity contribution in [3.63, 3.8) is 0 Å². The molecule has 7 heteroatoms. The number of ether oxygens (including phenoxy) is 2. The molecule has 0 N–H and O–H groups in total. The van der Waals surface area contributed by atoms with Crippen molar-refractivity contribution >= 4 is 5.97 Å². The summed E-state index contributed by atoms with van der Waals surface area (Å²) in [4.78, 5) is 10.9. The maximum absolute atomic E-state index is 14.6. The van der Waals surface area contributed by atoms with E-state index in [9.17, 15) is 22.4 Å². The van der Waals surface area contributed by atoms with Gasteiger partial charge in [-0.15, -0.1) is 0 Å². The van der Waals surface area contributed by atoms with Crippen LogP contribution < -0.4 is 4.74 Å². The van der Waals surface area contributed by atoms with E-state index in [0.717, 1.165) is 81.6 Å². The molecule has 0 amide bonds. The normalized spacial score (nSPS) is 11.3. The molecule has 0 radical (unpaired) electrons. The zero-order valence-electron chi connectivity index (χ0n) is 20.3. The third-order valence-corrected chi connectivity index (χ3v) is 5.65. The van der Waals surface area contributed by atoms with Crippen LogP contribution in [-0.2, 0) is 28.5 Å². The molecule has 0 unspecified atom stereocenters. The predicted molar refractivity (Wildman–Crippen MR) is 128 cm³/mol. The second-order valence-corrected chi connectivity index (χ2v) is 8.54. The van der Waals surface area contributed by atoms with Crippen molar-refractivity contribution in [3.05, 3.63) is 77.4 Å². The Bertz CT molecular complexity index is 919. The van der Waals surface area contributed by atoms with Gasteiger partial charge in [-0.05, 0) is 67.5 Å². The van der Waals surface area contributed by atoms with E-state index in [1.165, 1.54) is 12.1 Å². The third kappa shape index (κ3) is 9.74. The standard InChI is InChI=1S/C28H34F4O3/c1-3-5-6-9-13-22-19-24(29)27(25(30)20-22)28(31,32)35-23-16-14-21(15-17-23)12-10-7-8-11-18-34-26(33)4-2/h4,14-17,19-20H,2-3,5-13,18H2,1H3. The number of aryl methyl sites for hydroxylation is 2. The van der Waals surface area contributed by atoms with E-state index in [1.807, 2.05) is 0 Å². The minimum Gasteiger partial charge on any atom is -0.463 e. The molecule has 2 aromatic rings. The van der Waals surface area contributed by atoms with Crippen LogP contribution in [0.15, 0.2) is 49.1 Å². The number of carbonyl (C=O) groups is 1. The number of benzene rings is 2. The fourth-order valence-electron chi connectivity index (χ4n) is 3.74. The number of halogens is 4. The van der Waals surface area contributed by atoms with Gasteiger partial charge in [-0.1, -0.05) is 57.7 Å². The second-order valence-electron chi connectivity index (χ2n) is 8.54. The molecule has 0 aromatic heterocycles. The van der Waals surface area contributed by atoms with Crippen LogP contribution in [0.25, 0.3) is 0 Å².